The van der Waals surface area contributed by atoms with Crippen molar-refractivity contribution in [1.82, 2.24) is 10.6 Å². The van der Waals surface area contributed by atoms with Gasteiger partial charge in [0, 0.05) is 0 Å². The molecule has 1 aliphatic rings. The second-order valence-electron chi connectivity index (χ2n) is 7.63. The lowest BCUT2D eigenvalue weighted by atomic mass is 10.2. The molecule has 0 saturated heterocycles. The molecule has 2 N–H and O–H groups in total. The van der Waals surface area contributed by atoms with Crippen LogP contribution in [0.3, 0.4) is 0 Å². The molecule has 4 atom stereocenters. The molecule has 154 valence electrons. The minimum absolute atomic E-state index is 0.116. The number of amides is 2. The van der Waals surface area contributed by atoms with Crippen molar-refractivity contribution in [2.24, 2.45) is 11.8 Å². The Morgan fingerprint density at radius 3 is 2.19 bits per heavy atom. The summed E-state index contributed by atoms with van der Waals surface area (Å²) in [7, 11) is 0. The van der Waals surface area contributed by atoms with Gasteiger partial charge in [0.1, 0.15) is 18.2 Å². The van der Waals surface area contributed by atoms with Crippen LogP contribution in [0.25, 0.3) is 0 Å². The summed E-state index contributed by atoms with van der Waals surface area (Å²) in [5.74, 6) is -1.63. The van der Waals surface area contributed by atoms with E-state index in [0.29, 0.717) is 0 Å². The van der Waals surface area contributed by atoms with E-state index in [1.165, 1.54) is 6.92 Å². The predicted octanol–water partition coefficient (Wildman–Crippen LogP) is 1.15. The first-order chi connectivity index (χ1) is 12.4. The van der Waals surface area contributed by atoms with Crippen LogP contribution in [0.2, 0.25) is 0 Å². The third kappa shape index (κ3) is 8.27. The average molecular weight is 386 g/mol. The highest BCUT2D eigenvalue weighted by Gasteiger charge is 2.41. The minimum Gasteiger partial charge on any atom is -0.464 e. The van der Waals surface area contributed by atoms with Gasteiger partial charge in [-0.25, -0.2) is 9.59 Å². The number of ether oxygens (including phenoxy) is 3. The molecule has 3 unspecified atom stereocenters. The Kier molecular flexibility index (Phi) is 8.05. The highest BCUT2D eigenvalue weighted by Crippen LogP contribution is 2.38. The number of hydrogen-bond donors (Lipinski definition) is 2. The molecule has 0 aromatic heterocycles. The molecule has 0 spiro atoms. The zero-order chi connectivity index (χ0) is 20.8. The summed E-state index contributed by atoms with van der Waals surface area (Å²) in [6.45, 7) is 9.88. The number of carbonyl (C=O) groups is 4. The highest BCUT2D eigenvalue weighted by atomic mass is 16.6. The van der Waals surface area contributed by atoms with Crippen molar-refractivity contribution in [3.8, 4) is 0 Å². The SMILES string of the molecule is CCOC(=O)C(COC(=O)C1CC1C)NC(=O)[C@H](C)NC(=O)OC(C)(C)C. The number of carbonyl (C=O) groups excluding carboxylic acids is 4. The molecule has 9 nitrogen and oxygen atoms in total. The van der Waals surface area contributed by atoms with Crippen molar-refractivity contribution < 1.29 is 33.4 Å². The molecule has 27 heavy (non-hydrogen) atoms. The zero-order valence-electron chi connectivity index (χ0n) is 16.8. The lowest BCUT2D eigenvalue weighted by Gasteiger charge is -2.23. The van der Waals surface area contributed by atoms with Gasteiger partial charge in [-0.15, -0.1) is 0 Å². The lowest BCUT2D eigenvalue weighted by molar-refractivity contribution is -0.154. The quantitative estimate of drug-likeness (QED) is 0.474. The number of rotatable bonds is 8. The molecule has 9 heteroatoms. The van der Waals surface area contributed by atoms with E-state index in [9.17, 15) is 19.2 Å². The predicted molar refractivity (Wildman–Crippen MR) is 95.6 cm³/mol. The van der Waals surface area contributed by atoms with Crippen molar-refractivity contribution in [1.29, 1.82) is 0 Å². The van der Waals surface area contributed by atoms with Gasteiger partial charge in [0.05, 0.1) is 12.5 Å². The van der Waals surface area contributed by atoms with E-state index in [1.54, 1.807) is 27.7 Å². The normalized spacial score (nSPS) is 20.7. The van der Waals surface area contributed by atoms with Crippen molar-refractivity contribution in [3.63, 3.8) is 0 Å². The van der Waals surface area contributed by atoms with Crippen LogP contribution in [0.15, 0.2) is 0 Å². The maximum absolute atomic E-state index is 12.3. The first-order valence-corrected chi connectivity index (χ1v) is 9.07. The second-order valence-corrected chi connectivity index (χ2v) is 7.63. The molecule has 0 bridgehead atoms. The fraction of sp³-hybridized carbons (Fsp3) is 0.778. The van der Waals surface area contributed by atoms with Gasteiger partial charge in [-0.2, -0.15) is 0 Å². The van der Waals surface area contributed by atoms with Crippen LogP contribution in [-0.4, -0.2) is 54.8 Å². The molecule has 2 amide bonds. The summed E-state index contributed by atoms with van der Waals surface area (Å²) in [6.07, 6.45) is -0.00136. The molecule has 1 aliphatic carbocycles. The summed E-state index contributed by atoms with van der Waals surface area (Å²) >= 11 is 0. The van der Waals surface area contributed by atoms with Gasteiger partial charge in [0.2, 0.25) is 5.91 Å². The Labute approximate surface area is 159 Å². The van der Waals surface area contributed by atoms with E-state index >= 15 is 0 Å². The van der Waals surface area contributed by atoms with Crippen molar-refractivity contribution in [2.75, 3.05) is 13.2 Å². The van der Waals surface area contributed by atoms with Crippen LogP contribution in [0.1, 0.15) is 48.0 Å². The summed E-state index contributed by atoms with van der Waals surface area (Å²) < 4.78 is 15.1. The van der Waals surface area contributed by atoms with Crippen LogP contribution in [0.5, 0.6) is 0 Å². The van der Waals surface area contributed by atoms with Gasteiger partial charge in [0.15, 0.2) is 6.04 Å². The third-order valence-corrected chi connectivity index (χ3v) is 3.82. The van der Waals surface area contributed by atoms with Crippen LogP contribution in [0.4, 0.5) is 4.79 Å². The second kappa shape index (κ2) is 9.57. The van der Waals surface area contributed by atoms with Gasteiger partial charge in [-0.3, -0.25) is 9.59 Å². The molecule has 0 heterocycles. The fourth-order valence-corrected chi connectivity index (χ4v) is 2.18. The van der Waals surface area contributed by atoms with Gasteiger partial charge in [0.25, 0.3) is 0 Å². The first-order valence-electron chi connectivity index (χ1n) is 9.07. The third-order valence-electron chi connectivity index (χ3n) is 3.82. The Hall–Kier alpha value is -2.32. The lowest BCUT2D eigenvalue weighted by Crippen LogP contribution is -2.53. The van der Waals surface area contributed by atoms with Crippen LogP contribution < -0.4 is 10.6 Å². The maximum Gasteiger partial charge on any atom is 0.408 e. The first kappa shape index (κ1) is 22.7. The standard InChI is InChI=1S/C18H30N2O7/c1-7-25-16(23)13(9-26-15(22)12-8-10(12)2)20-14(21)11(3)19-17(24)27-18(4,5)6/h10-13H,7-9H2,1-6H3,(H,19,24)(H,20,21)/t10?,11-,12?,13?/m0/s1. The van der Waals surface area contributed by atoms with E-state index in [0.717, 1.165) is 6.42 Å². The summed E-state index contributed by atoms with van der Waals surface area (Å²) in [5.41, 5.74) is -0.706. The highest BCUT2D eigenvalue weighted by molar-refractivity contribution is 5.89. The molecular formula is C18H30N2O7. The number of esters is 2. The maximum atomic E-state index is 12.3. The summed E-state index contributed by atoms with van der Waals surface area (Å²) in [6, 6.07) is -2.12. The van der Waals surface area contributed by atoms with E-state index in [1.807, 2.05) is 6.92 Å². The van der Waals surface area contributed by atoms with Crippen LogP contribution in [-0.2, 0) is 28.6 Å². The summed E-state index contributed by atoms with van der Waals surface area (Å²) in [5, 5.41) is 4.81. The van der Waals surface area contributed by atoms with Crippen LogP contribution in [0, 0.1) is 11.8 Å². The number of alkyl carbamates (subject to hydrolysis) is 1. The molecule has 1 fully saturated rings. The molecular weight excluding hydrogens is 356 g/mol. The van der Waals surface area contributed by atoms with Crippen LogP contribution >= 0.6 is 0 Å². The van der Waals surface area contributed by atoms with E-state index in [-0.39, 0.29) is 25.0 Å². The monoisotopic (exact) mass is 386 g/mol. The van der Waals surface area contributed by atoms with Gasteiger partial charge < -0.3 is 24.8 Å². The van der Waals surface area contributed by atoms with Gasteiger partial charge >= 0.3 is 18.0 Å². The summed E-state index contributed by atoms with van der Waals surface area (Å²) in [4.78, 5) is 47.9. The minimum atomic E-state index is -1.15. The van der Waals surface area contributed by atoms with Crippen molar-refractivity contribution in [3.05, 3.63) is 0 Å². The van der Waals surface area contributed by atoms with E-state index in [4.69, 9.17) is 14.2 Å². The molecule has 0 radical (unpaired) electrons. The Bertz CT molecular complexity index is 571. The Morgan fingerprint density at radius 1 is 1.11 bits per heavy atom. The van der Waals surface area contributed by atoms with E-state index in [2.05, 4.69) is 10.6 Å². The fourth-order valence-electron chi connectivity index (χ4n) is 2.18. The number of hydrogen-bond acceptors (Lipinski definition) is 7. The molecule has 0 aromatic rings. The average Bonchev–Trinajstić information content (AvgIpc) is 3.25. The van der Waals surface area contributed by atoms with Gasteiger partial charge in [-0.1, -0.05) is 6.92 Å². The molecule has 0 aromatic carbocycles. The largest absolute Gasteiger partial charge is 0.464 e. The smallest absolute Gasteiger partial charge is 0.408 e. The van der Waals surface area contributed by atoms with E-state index < -0.39 is 41.6 Å². The Morgan fingerprint density at radius 2 is 1.70 bits per heavy atom. The van der Waals surface area contributed by atoms with Crippen molar-refractivity contribution in [2.45, 2.75) is 65.6 Å². The molecule has 0 aliphatic heterocycles. The molecule has 1 saturated carbocycles. The molecule has 1 rings (SSSR count). The zero-order valence-corrected chi connectivity index (χ0v) is 16.8. The number of nitrogens with one attached hydrogen (secondary N) is 2. The Balaban J connectivity index is 2.59. The van der Waals surface area contributed by atoms with Gasteiger partial charge in [-0.05, 0) is 47.0 Å². The van der Waals surface area contributed by atoms with Crippen molar-refractivity contribution >= 4 is 23.9 Å². The topological polar surface area (TPSA) is 120 Å².